The van der Waals surface area contributed by atoms with E-state index < -0.39 is 0 Å². The zero-order valence-electron chi connectivity index (χ0n) is 7.92. The lowest BCUT2D eigenvalue weighted by Gasteiger charge is -2.02. The van der Waals surface area contributed by atoms with E-state index in [2.05, 4.69) is 22.1 Å². The molecular formula is C12H8N2S. The first kappa shape index (κ1) is 8.68. The molecule has 72 valence electrons. The molecule has 0 N–H and O–H groups in total. The Kier molecular flexibility index (Phi) is 2.03. The van der Waals surface area contributed by atoms with E-state index in [4.69, 9.17) is 0 Å². The van der Waals surface area contributed by atoms with Crippen molar-refractivity contribution in [2.75, 3.05) is 0 Å². The zero-order valence-corrected chi connectivity index (χ0v) is 8.74. The molecule has 0 spiro atoms. The van der Waals surface area contributed by atoms with Gasteiger partial charge in [0.05, 0.1) is 17.6 Å². The summed E-state index contributed by atoms with van der Waals surface area (Å²) in [5, 5.41) is 0. The van der Waals surface area contributed by atoms with Crippen molar-refractivity contribution in [1.82, 2.24) is 4.98 Å². The number of rotatable bonds is 0. The summed E-state index contributed by atoms with van der Waals surface area (Å²) in [6.45, 7) is 0. The van der Waals surface area contributed by atoms with Gasteiger partial charge in [0, 0.05) is 16.0 Å². The molecular weight excluding hydrogens is 204 g/mol. The molecule has 0 amide bonds. The fourth-order valence-corrected chi connectivity index (χ4v) is 2.45. The molecule has 2 heterocycles. The van der Waals surface area contributed by atoms with Crippen molar-refractivity contribution in [3.8, 4) is 0 Å². The number of aromatic nitrogens is 1. The summed E-state index contributed by atoms with van der Waals surface area (Å²) in [5.74, 6) is 0. The van der Waals surface area contributed by atoms with Crippen LogP contribution in [-0.2, 0) is 0 Å². The van der Waals surface area contributed by atoms with Crippen molar-refractivity contribution >= 4 is 23.7 Å². The number of benzene rings is 1. The maximum atomic E-state index is 4.42. The summed E-state index contributed by atoms with van der Waals surface area (Å²) < 4.78 is 0. The molecule has 0 radical (unpaired) electrons. The molecule has 0 unspecified atom stereocenters. The van der Waals surface area contributed by atoms with Gasteiger partial charge in [-0.1, -0.05) is 23.9 Å². The molecule has 0 bridgehead atoms. The SMILES string of the molecule is C1=Nc2ccccc2Sc2cccnc21. The van der Waals surface area contributed by atoms with Gasteiger partial charge in [-0.2, -0.15) is 0 Å². The topological polar surface area (TPSA) is 25.2 Å². The van der Waals surface area contributed by atoms with Crippen LogP contribution in [0.25, 0.3) is 0 Å². The minimum atomic E-state index is 0.943. The number of aliphatic imine (C=N–C) groups is 1. The van der Waals surface area contributed by atoms with Crippen molar-refractivity contribution in [2.45, 2.75) is 9.79 Å². The summed E-state index contributed by atoms with van der Waals surface area (Å²) >= 11 is 1.72. The van der Waals surface area contributed by atoms with E-state index in [-0.39, 0.29) is 0 Å². The Bertz CT molecular complexity index is 487. The number of pyridine rings is 1. The van der Waals surface area contributed by atoms with Crippen molar-refractivity contribution < 1.29 is 0 Å². The molecule has 0 saturated heterocycles. The number of para-hydroxylation sites is 1. The van der Waals surface area contributed by atoms with Crippen molar-refractivity contribution in [2.24, 2.45) is 4.99 Å². The molecule has 15 heavy (non-hydrogen) atoms. The van der Waals surface area contributed by atoms with Crippen molar-refractivity contribution in [3.05, 3.63) is 48.3 Å². The van der Waals surface area contributed by atoms with E-state index in [0.717, 1.165) is 16.3 Å². The molecule has 1 aliphatic heterocycles. The van der Waals surface area contributed by atoms with Crippen LogP contribution in [0.15, 0.2) is 57.4 Å². The van der Waals surface area contributed by atoms with Gasteiger partial charge in [-0.05, 0) is 24.3 Å². The fourth-order valence-electron chi connectivity index (χ4n) is 1.49. The molecule has 0 aliphatic carbocycles. The molecule has 1 aromatic heterocycles. The molecule has 1 aliphatic rings. The normalized spacial score (nSPS) is 12.8. The molecule has 2 aromatic rings. The van der Waals surface area contributed by atoms with Crippen molar-refractivity contribution in [3.63, 3.8) is 0 Å². The second kappa shape index (κ2) is 3.51. The molecule has 3 rings (SSSR count). The third kappa shape index (κ3) is 1.55. The largest absolute Gasteiger partial charge is 0.254 e. The van der Waals surface area contributed by atoms with E-state index in [0.29, 0.717) is 0 Å². The lowest BCUT2D eigenvalue weighted by atomic mass is 10.3. The highest BCUT2D eigenvalue weighted by molar-refractivity contribution is 7.99. The Morgan fingerprint density at radius 1 is 0.933 bits per heavy atom. The predicted molar refractivity (Wildman–Crippen MR) is 62.1 cm³/mol. The van der Waals surface area contributed by atoms with Gasteiger partial charge in [0.1, 0.15) is 0 Å². The smallest absolute Gasteiger partial charge is 0.0951 e. The van der Waals surface area contributed by atoms with Gasteiger partial charge in [-0.25, -0.2) is 0 Å². The molecule has 1 aromatic carbocycles. The van der Waals surface area contributed by atoms with E-state index in [1.165, 1.54) is 4.90 Å². The highest BCUT2D eigenvalue weighted by atomic mass is 32.2. The van der Waals surface area contributed by atoms with Crippen LogP contribution >= 0.6 is 11.8 Å². The number of hydrogen-bond acceptors (Lipinski definition) is 3. The van der Waals surface area contributed by atoms with Crippen LogP contribution in [0.1, 0.15) is 5.69 Å². The zero-order chi connectivity index (χ0) is 10.1. The summed E-state index contributed by atoms with van der Waals surface area (Å²) in [7, 11) is 0. The third-order valence-electron chi connectivity index (χ3n) is 2.21. The van der Waals surface area contributed by atoms with E-state index in [1.807, 2.05) is 30.5 Å². The minimum Gasteiger partial charge on any atom is -0.254 e. The lowest BCUT2D eigenvalue weighted by molar-refractivity contribution is 1.21. The van der Waals surface area contributed by atoms with E-state index >= 15 is 0 Å². The standard InChI is InChI=1S/C12H8N2S/c1-2-5-11-9(4-1)14-8-10-12(15-11)6-3-7-13-10/h1-8H. The Morgan fingerprint density at radius 3 is 2.80 bits per heavy atom. The average Bonchev–Trinajstić information content (AvgIpc) is 2.48. The first-order valence-corrected chi connectivity index (χ1v) is 5.51. The maximum absolute atomic E-state index is 4.42. The second-order valence-corrected chi connectivity index (χ2v) is 4.30. The monoisotopic (exact) mass is 212 g/mol. The number of hydrogen-bond donors (Lipinski definition) is 0. The Balaban J connectivity index is 2.19. The van der Waals surface area contributed by atoms with Crippen LogP contribution in [-0.4, -0.2) is 11.2 Å². The van der Waals surface area contributed by atoms with Gasteiger partial charge < -0.3 is 0 Å². The first-order chi connectivity index (χ1) is 7.43. The summed E-state index contributed by atoms with van der Waals surface area (Å²) in [6.07, 6.45) is 3.62. The van der Waals surface area contributed by atoms with Crippen LogP contribution in [0.3, 0.4) is 0 Å². The van der Waals surface area contributed by atoms with Crippen LogP contribution in [0, 0.1) is 0 Å². The summed E-state index contributed by atoms with van der Waals surface area (Å²) in [4.78, 5) is 11.1. The third-order valence-corrected chi connectivity index (χ3v) is 3.34. The van der Waals surface area contributed by atoms with Gasteiger partial charge in [-0.15, -0.1) is 0 Å². The Labute approximate surface area is 92.1 Å². The molecule has 2 nitrogen and oxygen atoms in total. The van der Waals surface area contributed by atoms with E-state index in [9.17, 15) is 0 Å². The first-order valence-electron chi connectivity index (χ1n) is 4.69. The predicted octanol–water partition coefficient (Wildman–Crippen LogP) is 3.30. The van der Waals surface area contributed by atoms with Gasteiger partial charge in [-0.3, -0.25) is 9.98 Å². The number of nitrogens with zero attached hydrogens (tertiary/aromatic N) is 2. The molecule has 0 atom stereocenters. The molecule has 0 fully saturated rings. The van der Waals surface area contributed by atoms with Crippen LogP contribution in [0.2, 0.25) is 0 Å². The molecule has 0 saturated carbocycles. The summed E-state index contributed by atoms with van der Waals surface area (Å²) in [6, 6.07) is 12.2. The van der Waals surface area contributed by atoms with Gasteiger partial charge in [0.25, 0.3) is 0 Å². The fraction of sp³-hybridized carbons (Fsp3) is 0. The summed E-state index contributed by atoms with van der Waals surface area (Å²) in [5.41, 5.74) is 1.96. The average molecular weight is 212 g/mol. The Morgan fingerprint density at radius 2 is 1.80 bits per heavy atom. The van der Waals surface area contributed by atoms with Crippen LogP contribution in [0.4, 0.5) is 5.69 Å². The van der Waals surface area contributed by atoms with Crippen LogP contribution in [0.5, 0.6) is 0 Å². The van der Waals surface area contributed by atoms with E-state index in [1.54, 1.807) is 18.0 Å². The highest BCUT2D eigenvalue weighted by Crippen LogP contribution is 2.37. The maximum Gasteiger partial charge on any atom is 0.0951 e. The quantitative estimate of drug-likeness (QED) is 0.571. The molecule has 3 heteroatoms. The number of fused-ring (bicyclic) bond motifs is 2. The van der Waals surface area contributed by atoms with Gasteiger partial charge in [0.15, 0.2) is 0 Å². The van der Waals surface area contributed by atoms with Crippen LogP contribution < -0.4 is 0 Å². The second-order valence-electron chi connectivity index (χ2n) is 3.21. The van der Waals surface area contributed by atoms with Crippen molar-refractivity contribution in [1.29, 1.82) is 0 Å². The van der Waals surface area contributed by atoms with Gasteiger partial charge >= 0.3 is 0 Å². The van der Waals surface area contributed by atoms with Gasteiger partial charge in [0.2, 0.25) is 0 Å². The highest BCUT2D eigenvalue weighted by Gasteiger charge is 2.10. The lowest BCUT2D eigenvalue weighted by Crippen LogP contribution is -1.87. The minimum absolute atomic E-state index is 0.943. The Hall–Kier alpha value is -1.61.